The molecular formula is C33H41N3O5. The monoisotopic (exact) mass is 559 g/mol. The molecule has 3 amide bonds. The normalized spacial score (nSPS) is 28.1. The first-order valence-corrected chi connectivity index (χ1v) is 14.7. The largest absolute Gasteiger partial charge is 0.396 e. The van der Waals surface area contributed by atoms with Crippen LogP contribution >= 0.6 is 0 Å². The van der Waals surface area contributed by atoms with Crippen LogP contribution in [0.3, 0.4) is 0 Å². The van der Waals surface area contributed by atoms with Crippen LogP contribution in [0.5, 0.6) is 0 Å². The molecule has 1 spiro atoms. The summed E-state index contributed by atoms with van der Waals surface area (Å²) in [4.78, 5) is 47.9. The van der Waals surface area contributed by atoms with Crippen molar-refractivity contribution in [2.24, 2.45) is 11.8 Å². The lowest BCUT2D eigenvalue weighted by Crippen LogP contribution is -2.56. The van der Waals surface area contributed by atoms with Crippen LogP contribution in [0.2, 0.25) is 0 Å². The number of fused-ring (bicyclic) bond motifs is 2. The van der Waals surface area contributed by atoms with Crippen LogP contribution < -0.4 is 4.90 Å². The van der Waals surface area contributed by atoms with Crippen molar-refractivity contribution in [1.29, 1.82) is 0 Å². The average Bonchev–Trinajstić information content (AvgIpc) is 3.59. The molecule has 8 heteroatoms. The van der Waals surface area contributed by atoms with Gasteiger partial charge in [0.25, 0.3) is 5.91 Å². The number of rotatable bonds is 12. The molecule has 2 aromatic carbocycles. The average molecular weight is 560 g/mol. The Morgan fingerprint density at radius 2 is 1.80 bits per heavy atom. The minimum atomic E-state index is -1.10. The zero-order valence-corrected chi connectivity index (χ0v) is 24.1. The molecule has 3 heterocycles. The van der Waals surface area contributed by atoms with Gasteiger partial charge in [0.05, 0.1) is 17.4 Å². The summed E-state index contributed by atoms with van der Waals surface area (Å²) in [6, 6.07) is 13.0. The molecule has 0 saturated carbocycles. The molecule has 0 aromatic heterocycles. The highest BCUT2D eigenvalue weighted by Gasteiger charge is 2.78. The van der Waals surface area contributed by atoms with Crippen LogP contribution in [0.25, 0.3) is 10.8 Å². The van der Waals surface area contributed by atoms with E-state index in [1.807, 2.05) is 49.4 Å². The van der Waals surface area contributed by atoms with Gasteiger partial charge in [0.1, 0.15) is 11.6 Å². The number of ether oxygens (including phenoxy) is 1. The second kappa shape index (κ2) is 11.4. The number of anilines is 1. The Labute approximate surface area is 242 Å². The summed E-state index contributed by atoms with van der Waals surface area (Å²) in [6.45, 7) is 10.6. The molecule has 5 rings (SSSR count). The van der Waals surface area contributed by atoms with E-state index in [9.17, 15) is 19.5 Å². The molecule has 3 fully saturated rings. The second-order valence-electron chi connectivity index (χ2n) is 11.6. The Morgan fingerprint density at radius 3 is 2.49 bits per heavy atom. The van der Waals surface area contributed by atoms with Gasteiger partial charge in [-0.3, -0.25) is 14.4 Å². The number of hydrogen-bond acceptors (Lipinski definition) is 5. The number of benzene rings is 2. The van der Waals surface area contributed by atoms with Gasteiger partial charge in [-0.25, -0.2) is 0 Å². The van der Waals surface area contributed by atoms with E-state index in [1.165, 1.54) is 0 Å². The van der Waals surface area contributed by atoms with E-state index < -0.39 is 29.1 Å². The molecular weight excluding hydrogens is 518 g/mol. The number of carbonyl (C=O) groups is 3. The minimum absolute atomic E-state index is 0.00218. The van der Waals surface area contributed by atoms with Crippen molar-refractivity contribution in [2.45, 2.75) is 56.3 Å². The van der Waals surface area contributed by atoms with Crippen molar-refractivity contribution >= 4 is 34.2 Å². The molecule has 5 atom stereocenters. The van der Waals surface area contributed by atoms with E-state index in [2.05, 4.69) is 13.2 Å². The fourth-order valence-electron chi connectivity index (χ4n) is 7.47. The smallest absolute Gasteiger partial charge is 0.253 e. The van der Waals surface area contributed by atoms with E-state index >= 15 is 0 Å². The maximum absolute atomic E-state index is 14.7. The highest BCUT2D eigenvalue weighted by molar-refractivity contribution is 6.06. The quantitative estimate of drug-likeness (QED) is 0.314. The van der Waals surface area contributed by atoms with Crippen molar-refractivity contribution in [3.63, 3.8) is 0 Å². The molecule has 2 unspecified atom stereocenters. The van der Waals surface area contributed by atoms with E-state index in [-0.39, 0.29) is 30.9 Å². The van der Waals surface area contributed by atoms with Gasteiger partial charge in [-0.1, -0.05) is 49.4 Å². The minimum Gasteiger partial charge on any atom is -0.396 e. The highest BCUT2D eigenvalue weighted by atomic mass is 16.5. The standard InChI is InChI=1S/C33H41N3O5/c1-5-18-34(4)29(38)26-27-30(39)36(20-10-11-21-37)28(33(27)17-16-32(26,7-3)41-33)31(40)35(19-6-2)25-15-14-23-12-8-9-13-24(23)22-25/h5-6,8-9,12-15,22,26-28,37H,1-2,7,10-11,16-21H2,3-4H3/t26-,27-,28?,32+,33?/m0/s1. The van der Waals surface area contributed by atoms with Crippen LogP contribution in [-0.2, 0) is 19.1 Å². The summed E-state index contributed by atoms with van der Waals surface area (Å²) >= 11 is 0. The van der Waals surface area contributed by atoms with E-state index in [4.69, 9.17) is 4.74 Å². The molecule has 1 N–H and O–H groups in total. The van der Waals surface area contributed by atoms with Crippen LogP contribution in [0.15, 0.2) is 67.8 Å². The molecule has 3 saturated heterocycles. The van der Waals surface area contributed by atoms with Gasteiger partial charge in [-0.2, -0.15) is 0 Å². The van der Waals surface area contributed by atoms with Crippen molar-refractivity contribution in [3.05, 3.63) is 67.8 Å². The molecule has 41 heavy (non-hydrogen) atoms. The van der Waals surface area contributed by atoms with Gasteiger partial charge in [0, 0.05) is 39.0 Å². The molecule has 0 radical (unpaired) electrons. The highest BCUT2D eigenvalue weighted by Crippen LogP contribution is 2.64. The molecule has 0 aliphatic carbocycles. The maximum Gasteiger partial charge on any atom is 0.253 e. The predicted molar refractivity (Wildman–Crippen MR) is 159 cm³/mol. The summed E-state index contributed by atoms with van der Waals surface area (Å²) in [5.74, 6) is -2.02. The molecule has 2 bridgehead atoms. The van der Waals surface area contributed by atoms with Crippen molar-refractivity contribution in [3.8, 4) is 0 Å². The fraction of sp³-hybridized carbons (Fsp3) is 0.485. The van der Waals surface area contributed by atoms with Crippen molar-refractivity contribution < 1.29 is 24.2 Å². The van der Waals surface area contributed by atoms with Crippen LogP contribution in [0.1, 0.15) is 39.0 Å². The Bertz CT molecular complexity index is 1360. The SMILES string of the molecule is C=CCN(C)C(=O)[C@@H]1[C@H]2C(=O)N(CCCCO)C(C(=O)N(CC=C)c3ccc4ccccc4c3)C23CC[C@@]1(CC)O3. The molecule has 2 aromatic rings. The van der Waals surface area contributed by atoms with Crippen LogP contribution in [0.4, 0.5) is 5.69 Å². The third kappa shape index (κ3) is 4.57. The summed E-state index contributed by atoms with van der Waals surface area (Å²) in [5.41, 5.74) is -1.18. The zero-order chi connectivity index (χ0) is 29.4. The molecule has 8 nitrogen and oxygen atoms in total. The Hall–Kier alpha value is -3.49. The number of aliphatic hydroxyl groups is 1. The van der Waals surface area contributed by atoms with Gasteiger partial charge in [-0.15, -0.1) is 13.2 Å². The Balaban J connectivity index is 1.59. The number of aliphatic hydroxyl groups excluding tert-OH is 1. The van der Waals surface area contributed by atoms with E-state index in [1.54, 1.807) is 33.9 Å². The van der Waals surface area contributed by atoms with Gasteiger partial charge in [-0.05, 0) is 55.0 Å². The summed E-state index contributed by atoms with van der Waals surface area (Å²) in [5, 5.41) is 11.5. The lowest BCUT2D eigenvalue weighted by Gasteiger charge is -2.37. The maximum atomic E-state index is 14.7. The first kappa shape index (κ1) is 29.0. The Morgan fingerprint density at radius 1 is 1.07 bits per heavy atom. The molecule has 3 aliphatic heterocycles. The predicted octanol–water partition coefficient (Wildman–Crippen LogP) is 3.93. The van der Waals surface area contributed by atoms with Crippen molar-refractivity contribution in [2.75, 3.05) is 38.2 Å². The van der Waals surface area contributed by atoms with Crippen molar-refractivity contribution in [1.82, 2.24) is 9.80 Å². The van der Waals surface area contributed by atoms with Crippen LogP contribution in [-0.4, -0.2) is 83.2 Å². The number of likely N-dealkylation sites (tertiary alicyclic amines) is 1. The number of carbonyl (C=O) groups excluding carboxylic acids is 3. The molecule has 218 valence electrons. The lowest BCUT2D eigenvalue weighted by molar-refractivity contribution is -0.150. The number of nitrogens with zero attached hydrogens (tertiary/aromatic N) is 3. The number of amides is 3. The zero-order valence-electron chi connectivity index (χ0n) is 24.1. The third-order valence-corrected chi connectivity index (χ3v) is 9.39. The van der Waals surface area contributed by atoms with Gasteiger partial charge >= 0.3 is 0 Å². The Kier molecular flexibility index (Phi) is 8.08. The topological polar surface area (TPSA) is 90.4 Å². The van der Waals surface area contributed by atoms with Gasteiger partial charge < -0.3 is 24.5 Å². The number of likely N-dealkylation sites (N-methyl/N-ethyl adjacent to an activating group) is 1. The van der Waals surface area contributed by atoms with Gasteiger partial charge in [0.15, 0.2) is 0 Å². The van der Waals surface area contributed by atoms with E-state index in [0.29, 0.717) is 50.9 Å². The summed E-state index contributed by atoms with van der Waals surface area (Å²) in [7, 11) is 1.72. The summed E-state index contributed by atoms with van der Waals surface area (Å²) in [6.07, 6.45) is 6.11. The van der Waals surface area contributed by atoms with Crippen LogP contribution in [0, 0.1) is 11.8 Å². The third-order valence-electron chi connectivity index (χ3n) is 9.39. The summed E-state index contributed by atoms with van der Waals surface area (Å²) < 4.78 is 6.90. The molecule has 3 aliphatic rings. The number of unbranched alkanes of at least 4 members (excludes halogenated alkanes) is 1. The van der Waals surface area contributed by atoms with Gasteiger partial charge in [0.2, 0.25) is 11.8 Å². The lowest BCUT2D eigenvalue weighted by atomic mass is 9.64. The number of hydrogen-bond donors (Lipinski definition) is 1. The second-order valence-corrected chi connectivity index (χ2v) is 11.6. The van der Waals surface area contributed by atoms with E-state index in [0.717, 1.165) is 10.8 Å². The fourth-order valence-corrected chi connectivity index (χ4v) is 7.47. The first-order chi connectivity index (χ1) is 19.8. The first-order valence-electron chi connectivity index (χ1n) is 14.7.